The van der Waals surface area contributed by atoms with Gasteiger partial charge in [0.05, 0.1) is 19.8 Å². The Morgan fingerprint density at radius 2 is 2.11 bits per heavy atom. The third-order valence-corrected chi connectivity index (χ3v) is 5.41. The molecule has 2 fully saturated rings. The van der Waals surface area contributed by atoms with Crippen molar-refractivity contribution >= 4 is 23.6 Å². The quantitative estimate of drug-likeness (QED) is 0.471. The van der Waals surface area contributed by atoms with Crippen LogP contribution in [0.5, 0.6) is 0 Å². The minimum absolute atomic E-state index is 0.00144. The smallest absolute Gasteiger partial charge is 0.303 e. The van der Waals surface area contributed by atoms with Gasteiger partial charge in [0.15, 0.2) is 0 Å². The Bertz CT molecular complexity index is 655. The number of aromatic nitrogens is 2. The van der Waals surface area contributed by atoms with Crippen LogP contribution in [0.15, 0.2) is 6.07 Å². The van der Waals surface area contributed by atoms with Crippen LogP contribution in [-0.2, 0) is 9.53 Å². The molecule has 5 N–H and O–H groups in total. The van der Waals surface area contributed by atoms with Crippen LogP contribution in [0, 0.1) is 5.92 Å². The van der Waals surface area contributed by atoms with E-state index in [0.29, 0.717) is 24.8 Å². The fourth-order valence-corrected chi connectivity index (χ4v) is 4.10. The summed E-state index contributed by atoms with van der Waals surface area (Å²) in [7, 11) is 0. The largest absolute Gasteiger partial charge is 0.481 e. The zero-order valence-electron chi connectivity index (χ0n) is 16.1. The van der Waals surface area contributed by atoms with Gasteiger partial charge < -0.3 is 30.9 Å². The molecule has 0 spiro atoms. The molecule has 0 unspecified atom stereocenters. The standard InChI is InChI=1S/C18H30N6O4/c19-18-21-15(20-4-8-25)11-16(22-18)24-5-3-14(23-6-9-28-10-7-23)13(12-24)1-2-17(26)27/h11,13-14,25H,1-10,12H2,(H,26,27)(H3,19,20,21,22)/t13-,14+/m1/s1. The number of aliphatic carboxylic acids is 1. The second kappa shape index (κ2) is 9.85. The van der Waals surface area contributed by atoms with Gasteiger partial charge in [0.2, 0.25) is 5.95 Å². The maximum atomic E-state index is 11.2. The summed E-state index contributed by atoms with van der Waals surface area (Å²) in [4.78, 5) is 24.3. The van der Waals surface area contributed by atoms with Gasteiger partial charge >= 0.3 is 5.97 Å². The summed E-state index contributed by atoms with van der Waals surface area (Å²) in [5, 5.41) is 21.2. The Morgan fingerprint density at radius 1 is 1.32 bits per heavy atom. The topological polar surface area (TPSA) is 137 Å². The first kappa shape index (κ1) is 20.6. The van der Waals surface area contributed by atoms with Crippen molar-refractivity contribution < 1.29 is 19.7 Å². The zero-order chi connectivity index (χ0) is 19.9. The number of nitrogens with zero attached hydrogens (tertiary/aromatic N) is 4. The van der Waals surface area contributed by atoms with Crippen molar-refractivity contribution in [3.8, 4) is 0 Å². The third kappa shape index (κ3) is 5.43. The number of nitrogens with one attached hydrogen (secondary N) is 1. The van der Waals surface area contributed by atoms with Crippen molar-refractivity contribution in [2.24, 2.45) is 5.92 Å². The van der Waals surface area contributed by atoms with Gasteiger partial charge in [-0.05, 0) is 18.8 Å². The number of ether oxygens (including phenoxy) is 1. The summed E-state index contributed by atoms with van der Waals surface area (Å²) >= 11 is 0. The third-order valence-electron chi connectivity index (χ3n) is 5.41. The van der Waals surface area contributed by atoms with Gasteiger partial charge in [-0.3, -0.25) is 9.69 Å². The number of hydrogen-bond donors (Lipinski definition) is 4. The molecule has 10 nitrogen and oxygen atoms in total. The molecule has 0 aromatic carbocycles. The van der Waals surface area contributed by atoms with Crippen molar-refractivity contribution in [2.45, 2.75) is 25.3 Å². The highest BCUT2D eigenvalue weighted by Gasteiger charge is 2.34. The number of anilines is 3. The molecular formula is C18H30N6O4. The molecule has 0 bridgehead atoms. The van der Waals surface area contributed by atoms with E-state index in [4.69, 9.17) is 20.7 Å². The second-order valence-corrected chi connectivity index (χ2v) is 7.26. The van der Waals surface area contributed by atoms with Crippen LogP contribution in [-0.4, -0.2) is 89.6 Å². The number of carboxylic acid groups (broad SMARTS) is 1. The molecule has 2 saturated heterocycles. The van der Waals surface area contributed by atoms with E-state index >= 15 is 0 Å². The fourth-order valence-electron chi connectivity index (χ4n) is 4.10. The van der Waals surface area contributed by atoms with E-state index in [1.807, 2.05) is 6.07 Å². The first-order chi connectivity index (χ1) is 13.6. The molecule has 2 aliphatic heterocycles. The van der Waals surface area contributed by atoms with Crippen LogP contribution in [0.3, 0.4) is 0 Å². The average Bonchev–Trinajstić information content (AvgIpc) is 2.70. The maximum absolute atomic E-state index is 11.2. The van der Waals surface area contributed by atoms with Crippen LogP contribution in [0.25, 0.3) is 0 Å². The van der Waals surface area contributed by atoms with Crippen molar-refractivity contribution in [1.29, 1.82) is 0 Å². The number of nitrogens with two attached hydrogens (primary N) is 1. The first-order valence-electron chi connectivity index (χ1n) is 9.84. The van der Waals surface area contributed by atoms with E-state index in [9.17, 15) is 4.79 Å². The molecule has 156 valence electrons. The number of aliphatic hydroxyl groups excluding tert-OH is 1. The maximum Gasteiger partial charge on any atom is 0.303 e. The summed E-state index contributed by atoms with van der Waals surface area (Å²) in [5.74, 6) is 0.950. The van der Waals surface area contributed by atoms with E-state index in [2.05, 4.69) is 25.1 Å². The van der Waals surface area contributed by atoms with Crippen LogP contribution in [0.4, 0.5) is 17.6 Å². The molecule has 2 atom stereocenters. The van der Waals surface area contributed by atoms with Crippen LogP contribution >= 0.6 is 0 Å². The summed E-state index contributed by atoms with van der Waals surface area (Å²) < 4.78 is 5.47. The van der Waals surface area contributed by atoms with Gasteiger partial charge in [0.25, 0.3) is 0 Å². The summed E-state index contributed by atoms with van der Waals surface area (Å²) in [5.41, 5.74) is 5.86. The van der Waals surface area contributed by atoms with Gasteiger partial charge in [0, 0.05) is 51.3 Å². The number of piperidine rings is 1. The molecule has 3 rings (SSSR count). The fraction of sp³-hybridized carbons (Fsp3) is 0.722. The van der Waals surface area contributed by atoms with Gasteiger partial charge in [-0.25, -0.2) is 0 Å². The van der Waals surface area contributed by atoms with Crippen molar-refractivity contribution in [1.82, 2.24) is 14.9 Å². The molecule has 0 saturated carbocycles. The van der Waals surface area contributed by atoms with Gasteiger partial charge in [-0.1, -0.05) is 0 Å². The van der Waals surface area contributed by atoms with Crippen molar-refractivity contribution in [3.63, 3.8) is 0 Å². The lowest BCUT2D eigenvalue weighted by atomic mass is 9.86. The van der Waals surface area contributed by atoms with Gasteiger partial charge in [-0.15, -0.1) is 0 Å². The molecule has 28 heavy (non-hydrogen) atoms. The molecule has 0 amide bonds. The Morgan fingerprint density at radius 3 is 2.82 bits per heavy atom. The molecule has 3 heterocycles. The number of carbonyl (C=O) groups is 1. The van der Waals surface area contributed by atoms with Crippen LogP contribution in [0.1, 0.15) is 19.3 Å². The molecule has 2 aliphatic rings. The second-order valence-electron chi connectivity index (χ2n) is 7.26. The predicted octanol–water partition coefficient (Wildman–Crippen LogP) is -0.145. The van der Waals surface area contributed by atoms with Crippen molar-refractivity contribution in [2.75, 3.05) is 68.5 Å². The molecular weight excluding hydrogens is 364 g/mol. The van der Waals surface area contributed by atoms with Crippen LogP contribution in [0.2, 0.25) is 0 Å². The Labute approximate surface area is 164 Å². The summed E-state index contributed by atoms with van der Waals surface area (Å²) in [6.07, 6.45) is 1.73. The number of carboxylic acids is 1. The highest BCUT2D eigenvalue weighted by Crippen LogP contribution is 2.30. The molecule has 10 heteroatoms. The summed E-state index contributed by atoms with van der Waals surface area (Å²) in [6, 6.07) is 2.18. The Kier molecular flexibility index (Phi) is 7.24. The highest BCUT2D eigenvalue weighted by molar-refractivity contribution is 5.66. The zero-order valence-corrected chi connectivity index (χ0v) is 16.1. The number of aliphatic hydroxyl groups is 1. The number of hydrogen-bond acceptors (Lipinski definition) is 9. The predicted molar refractivity (Wildman–Crippen MR) is 105 cm³/mol. The lowest BCUT2D eigenvalue weighted by molar-refractivity contribution is -0.137. The van der Waals surface area contributed by atoms with Crippen LogP contribution < -0.4 is 16.0 Å². The van der Waals surface area contributed by atoms with E-state index in [0.717, 1.165) is 51.6 Å². The Hall–Kier alpha value is -2.17. The molecule has 1 aromatic heterocycles. The number of rotatable bonds is 8. The molecule has 1 aromatic rings. The first-order valence-corrected chi connectivity index (χ1v) is 9.84. The van der Waals surface area contributed by atoms with E-state index in [1.54, 1.807) is 0 Å². The molecule has 0 aliphatic carbocycles. The van der Waals surface area contributed by atoms with Crippen molar-refractivity contribution in [3.05, 3.63) is 6.07 Å². The van der Waals surface area contributed by atoms with E-state index in [-0.39, 0.29) is 24.9 Å². The lowest BCUT2D eigenvalue weighted by Crippen LogP contribution is -2.54. The SMILES string of the molecule is Nc1nc(NCCO)cc(N2CC[C@H](N3CCOCC3)[C@H](CCC(=O)O)C2)n1. The van der Waals surface area contributed by atoms with Gasteiger partial charge in [-0.2, -0.15) is 9.97 Å². The molecule has 0 radical (unpaired) electrons. The van der Waals surface area contributed by atoms with Gasteiger partial charge in [0.1, 0.15) is 11.6 Å². The van der Waals surface area contributed by atoms with E-state index < -0.39 is 5.97 Å². The minimum atomic E-state index is -0.764. The monoisotopic (exact) mass is 394 g/mol. The van der Waals surface area contributed by atoms with E-state index in [1.165, 1.54) is 0 Å². The Balaban J connectivity index is 1.73. The lowest BCUT2D eigenvalue weighted by Gasteiger charge is -2.45. The normalized spacial score (nSPS) is 23.5. The number of nitrogen functional groups attached to an aromatic ring is 1. The highest BCUT2D eigenvalue weighted by atomic mass is 16.5. The number of morpholine rings is 1. The average molecular weight is 394 g/mol. The summed E-state index contributed by atoms with van der Waals surface area (Å²) in [6.45, 7) is 5.18. The minimum Gasteiger partial charge on any atom is -0.481 e.